The number of carbonyl (C=O) groups excluding carboxylic acids is 2. The minimum absolute atomic E-state index is 0.0281. The van der Waals surface area contributed by atoms with Crippen molar-refractivity contribution in [1.29, 1.82) is 0 Å². The third kappa shape index (κ3) is 4.87. The smallest absolute Gasteiger partial charge is 0.418 e. The number of halogens is 5. The fraction of sp³-hybridized carbons (Fsp3) is 0.125. The first kappa shape index (κ1) is 19.1. The molecule has 0 spiro atoms. The number of amides is 1. The van der Waals surface area contributed by atoms with E-state index in [9.17, 15) is 22.8 Å². The van der Waals surface area contributed by atoms with Crippen LogP contribution in [0.1, 0.15) is 15.9 Å². The molecule has 25 heavy (non-hydrogen) atoms. The van der Waals surface area contributed by atoms with Gasteiger partial charge in [0.05, 0.1) is 26.9 Å². The number of nitrogens with one attached hydrogen (secondary N) is 1. The maximum absolute atomic E-state index is 12.9. The highest BCUT2D eigenvalue weighted by Crippen LogP contribution is 2.34. The lowest BCUT2D eigenvalue weighted by atomic mass is 10.1. The average molecular weight is 392 g/mol. The molecule has 0 saturated carbocycles. The van der Waals surface area contributed by atoms with Crippen LogP contribution >= 0.6 is 23.2 Å². The van der Waals surface area contributed by atoms with Crippen LogP contribution in [0.5, 0.6) is 0 Å². The Balaban J connectivity index is 2.04. The lowest BCUT2D eigenvalue weighted by Gasteiger charge is -2.13. The molecule has 0 aliphatic rings. The summed E-state index contributed by atoms with van der Waals surface area (Å²) in [6.45, 7) is -0.799. The molecule has 2 aromatic carbocycles. The summed E-state index contributed by atoms with van der Waals surface area (Å²) in [6.07, 6.45) is -4.63. The summed E-state index contributed by atoms with van der Waals surface area (Å²) in [5, 5.41) is 2.11. The summed E-state index contributed by atoms with van der Waals surface area (Å²) in [4.78, 5) is 23.7. The average Bonchev–Trinajstić information content (AvgIpc) is 2.52. The molecule has 0 aliphatic heterocycles. The summed E-state index contributed by atoms with van der Waals surface area (Å²) >= 11 is 11.7. The molecule has 2 rings (SSSR count). The Bertz CT molecular complexity index is 789. The van der Waals surface area contributed by atoms with Gasteiger partial charge in [0.15, 0.2) is 6.61 Å². The molecule has 0 bridgehead atoms. The maximum atomic E-state index is 12.9. The van der Waals surface area contributed by atoms with Crippen LogP contribution in [0.3, 0.4) is 0 Å². The molecule has 132 valence electrons. The monoisotopic (exact) mass is 391 g/mol. The zero-order valence-electron chi connectivity index (χ0n) is 12.4. The van der Waals surface area contributed by atoms with Gasteiger partial charge in [-0.1, -0.05) is 41.4 Å². The molecule has 1 N–H and O–H groups in total. The van der Waals surface area contributed by atoms with Gasteiger partial charge in [-0.15, -0.1) is 0 Å². The first-order valence-corrected chi connectivity index (χ1v) is 7.53. The minimum atomic E-state index is -4.63. The molecule has 1 amide bonds. The second-order valence-corrected chi connectivity index (χ2v) is 5.58. The van der Waals surface area contributed by atoms with E-state index in [-0.39, 0.29) is 15.6 Å². The molecular weight excluding hydrogens is 382 g/mol. The van der Waals surface area contributed by atoms with Crippen molar-refractivity contribution in [2.24, 2.45) is 0 Å². The normalized spacial score (nSPS) is 11.1. The molecule has 0 aromatic heterocycles. The highest BCUT2D eigenvalue weighted by atomic mass is 35.5. The number of para-hydroxylation sites is 1. The maximum Gasteiger partial charge on any atom is 0.418 e. The predicted molar refractivity (Wildman–Crippen MR) is 86.8 cm³/mol. The van der Waals surface area contributed by atoms with Crippen molar-refractivity contribution in [2.45, 2.75) is 6.18 Å². The molecule has 2 aromatic rings. The first-order chi connectivity index (χ1) is 11.7. The van der Waals surface area contributed by atoms with E-state index in [2.05, 4.69) is 5.32 Å². The van der Waals surface area contributed by atoms with Crippen LogP contribution in [0.4, 0.5) is 18.9 Å². The molecule has 0 saturated heterocycles. The van der Waals surface area contributed by atoms with Crippen LogP contribution in [-0.4, -0.2) is 18.5 Å². The van der Waals surface area contributed by atoms with Gasteiger partial charge < -0.3 is 10.1 Å². The van der Waals surface area contributed by atoms with E-state index in [4.69, 9.17) is 27.9 Å². The van der Waals surface area contributed by atoms with Crippen LogP contribution in [0.15, 0.2) is 42.5 Å². The van der Waals surface area contributed by atoms with Crippen molar-refractivity contribution in [3.05, 3.63) is 63.6 Å². The molecule has 0 atom stereocenters. The molecule has 9 heteroatoms. The lowest BCUT2D eigenvalue weighted by Crippen LogP contribution is -2.23. The van der Waals surface area contributed by atoms with Crippen LogP contribution in [-0.2, 0) is 15.7 Å². The number of carbonyl (C=O) groups is 2. The summed E-state index contributed by atoms with van der Waals surface area (Å²) in [5.41, 5.74) is -1.58. The van der Waals surface area contributed by atoms with Crippen LogP contribution in [0.2, 0.25) is 10.0 Å². The fourth-order valence-electron chi connectivity index (χ4n) is 1.92. The Hall–Kier alpha value is -2.25. The molecule has 4 nitrogen and oxygen atoms in total. The second-order valence-electron chi connectivity index (χ2n) is 4.76. The van der Waals surface area contributed by atoms with Crippen molar-refractivity contribution in [3.8, 4) is 0 Å². The predicted octanol–water partition coefficient (Wildman–Crippen LogP) is 4.81. The Morgan fingerprint density at radius 2 is 1.60 bits per heavy atom. The number of anilines is 1. The number of esters is 1. The SMILES string of the molecule is O=C(COC(=O)c1c(Cl)cccc1Cl)Nc1ccccc1C(F)(F)F. The van der Waals surface area contributed by atoms with Gasteiger partial charge in [-0.05, 0) is 24.3 Å². The minimum Gasteiger partial charge on any atom is -0.452 e. The van der Waals surface area contributed by atoms with Crippen molar-refractivity contribution in [3.63, 3.8) is 0 Å². The lowest BCUT2D eigenvalue weighted by molar-refractivity contribution is -0.137. The van der Waals surface area contributed by atoms with Gasteiger partial charge in [-0.3, -0.25) is 4.79 Å². The van der Waals surface area contributed by atoms with E-state index in [1.807, 2.05) is 0 Å². The van der Waals surface area contributed by atoms with Crippen molar-refractivity contribution in [2.75, 3.05) is 11.9 Å². The number of hydrogen-bond donors (Lipinski definition) is 1. The van der Waals surface area contributed by atoms with Crippen molar-refractivity contribution >= 4 is 40.8 Å². The summed E-state index contributed by atoms with van der Waals surface area (Å²) in [5.74, 6) is -1.90. The van der Waals surface area contributed by atoms with Crippen LogP contribution in [0, 0.1) is 0 Å². The topological polar surface area (TPSA) is 55.4 Å². The van der Waals surface area contributed by atoms with E-state index < -0.39 is 35.9 Å². The van der Waals surface area contributed by atoms with Gasteiger partial charge in [-0.25, -0.2) is 4.79 Å². The third-order valence-corrected chi connectivity index (χ3v) is 3.64. The van der Waals surface area contributed by atoms with Crippen molar-refractivity contribution in [1.82, 2.24) is 0 Å². The van der Waals surface area contributed by atoms with Crippen molar-refractivity contribution < 1.29 is 27.5 Å². The third-order valence-electron chi connectivity index (χ3n) is 3.01. The van der Waals surface area contributed by atoms with E-state index in [1.54, 1.807) is 0 Å². The Kier molecular flexibility index (Phi) is 5.92. The van der Waals surface area contributed by atoms with Gasteiger partial charge >= 0.3 is 12.1 Å². The number of hydrogen-bond acceptors (Lipinski definition) is 3. The van der Waals surface area contributed by atoms with E-state index >= 15 is 0 Å². The zero-order chi connectivity index (χ0) is 18.6. The van der Waals surface area contributed by atoms with Gasteiger partial charge in [0.1, 0.15) is 0 Å². The summed E-state index contributed by atoms with van der Waals surface area (Å²) in [6, 6.07) is 8.77. The van der Waals surface area contributed by atoms with E-state index in [0.29, 0.717) is 0 Å². The van der Waals surface area contributed by atoms with Gasteiger partial charge in [0.25, 0.3) is 5.91 Å². The zero-order valence-corrected chi connectivity index (χ0v) is 13.9. The van der Waals surface area contributed by atoms with Crippen LogP contribution < -0.4 is 5.32 Å². The Morgan fingerprint density at radius 1 is 1.00 bits per heavy atom. The highest BCUT2D eigenvalue weighted by Gasteiger charge is 2.33. The number of rotatable bonds is 4. The molecule has 0 radical (unpaired) electrons. The number of ether oxygens (including phenoxy) is 1. The van der Waals surface area contributed by atoms with Gasteiger partial charge in [0, 0.05) is 0 Å². The number of alkyl halides is 3. The molecular formula is C16H10Cl2F3NO3. The van der Waals surface area contributed by atoms with E-state index in [0.717, 1.165) is 12.1 Å². The molecule has 0 aliphatic carbocycles. The van der Waals surface area contributed by atoms with E-state index in [1.165, 1.54) is 30.3 Å². The fourth-order valence-corrected chi connectivity index (χ4v) is 2.47. The number of benzene rings is 2. The van der Waals surface area contributed by atoms with Gasteiger partial charge in [0.2, 0.25) is 0 Å². The standard InChI is InChI=1S/C16H10Cl2F3NO3/c17-10-5-3-6-11(18)14(10)15(24)25-8-13(23)22-12-7-2-1-4-9(12)16(19,20)21/h1-7H,8H2,(H,22,23). The second kappa shape index (κ2) is 7.76. The Morgan fingerprint density at radius 3 is 2.20 bits per heavy atom. The quantitative estimate of drug-likeness (QED) is 0.761. The van der Waals surface area contributed by atoms with Gasteiger partial charge in [-0.2, -0.15) is 13.2 Å². The molecule has 0 fully saturated rings. The molecule has 0 heterocycles. The first-order valence-electron chi connectivity index (χ1n) is 6.77. The largest absolute Gasteiger partial charge is 0.452 e. The molecule has 0 unspecified atom stereocenters. The Labute approximate surface area is 150 Å². The highest BCUT2D eigenvalue weighted by molar-refractivity contribution is 6.39. The van der Waals surface area contributed by atoms with Crippen LogP contribution in [0.25, 0.3) is 0 Å². The summed E-state index contributed by atoms with van der Waals surface area (Å²) < 4.78 is 43.3. The summed E-state index contributed by atoms with van der Waals surface area (Å²) in [7, 11) is 0.